The van der Waals surface area contributed by atoms with Gasteiger partial charge >= 0.3 is 5.97 Å². The van der Waals surface area contributed by atoms with Crippen LogP contribution in [0.25, 0.3) is 11.2 Å². The number of aromatic nitrogens is 3. The SMILES string of the molecule is Cc1ccnc2c1nc(SCC(=O)O)n2CCCN(C)C. The Balaban J connectivity index is 2.30. The molecule has 1 N–H and O–H groups in total. The summed E-state index contributed by atoms with van der Waals surface area (Å²) in [6, 6.07) is 1.92. The normalized spacial score (nSPS) is 11.4. The number of carbonyl (C=O) groups is 1. The van der Waals surface area contributed by atoms with Crippen LogP contribution in [-0.4, -0.2) is 56.9 Å². The molecule has 0 fully saturated rings. The van der Waals surface area contributed by atoms with Crippen LogP contribution < -0.4 is 0 Å². The van der Waals surface area contributed by atoms with Gasteiger partial charge in [-0.2, -0.15) is 0 Å². The van der Waals surface area contributed by atoms with Gasteiger partial charge in [0.15, 0.2) is 10.8 Å². The molecule has 2 rings (SSSR count). The predicted molar refractivity (Wildman–Crippen MR) is 83.8 cm³/mol. The molecule has 0 saturated heterocycles. The number of aliphatic carboxylic acids is 1. The van der Waals surface area contributed by atoms with Crippen molar-refractivity contribution in [3.05, 3.63) is 17.8 Å². The van der Waals surface area contributed by atoms with Crippen molar-refractivity contribution in [1.82, 2.24) is 19.4 Å². The van der Waals surface area contributed by atoms with Crippen LogP contribution in [0, 0.1) is 6.92 Å². The molecule has 21 heavy (non-hydrogen) atoms. The average Bonchev–Trinajstić information content (AvgIpc) is 2.76. The topological polar surface area (TPSA) is 71.2 Å². The Hall–Kier alpha value is -1.60. The lowest BCUT2D eigenvalue weighted by atomic mass is 10.3. The number of nitrogens with zero attached hydrogens (tertiary/aromatic N) is 4. The zero-order valence-corrected chi connectivity index (χ0v) is 13.4. The Morgan fingerprint density at radius 2 is 2.24 bits per heavy atom. The first-order valence-electron chi connectivity index (χ1n) is 6.80. The zero-order valence-electron chi connectivity index (χ0n) is 12.5. The first-order chi connectivity index (χ1) is 9.99. The Bertz CT molecular complexity index is 639. The van der Waals surface area contributed by atoms with Crippen LogP contribution in [0.1, 0.15) is 12.0 Å². The largest absolute Gasteiger partial charge is 0.481 e. The molecule has 0 aliphatic carbocycles. The van der Waals surface area contributed by atoms with Gasteiger partial charge in [0, 0.05) is 12.7 Å². The lowest BCUT2D eigenvalue weighted by molar-refractivity contribution is -0.133. The van der Waals surface area contributed by atoms with Crippen LogP contribution in [0.15, 0.2) is 17.4 Å². The molecule has 0 unspecified atom stereocenters. The van der Waals surface area contributed by atoms with Crippen molar-refractivity contribution in [2.75, 3.05) is 26.4 Å². The lowest BCUT2D eigenvalue weighted by Gasteiger charge is -2.11. The minimum Gasteiger partial charge on any atom is -0.481 e. The number of hydrogen-bond acceptors (Lipinski definition) is 5. The molecule has 0 bridgehead atoms. The quantitative estimate of drug-likeness (QED) is 0.787. The highest BCUT2D eigenvalue weighted by Gasteiger charge is 2.14. The van der Waals surface area contributed by atoms with E-state index in [1.807, 2.05) is 31.7 Å². The second-order valence-electron chi connectivity index (χ2n) is 5.19. The van der Waals surface area contributed by atoms with Crippen molar-refractivity contribution >= 4 is 28.9 Å². The zero-order chi connectivity index (χ0) is 15.4. The number of carboxylic acids is 1. The van der Waals surface area contributed by atoms with Gasteiger partial charge in [-0.15, -0.1) is 0 Å². The third-order valence-electron chi connectivity index (χ3n) is 3.11. The molecule has 0 saturated carbocycles. The van der Waals surface area contributed by atoms with E-state index in [1.54, 1.807) is 6.20 Å². The van der Waals surface area contributed by atoms with Gasteiger partial charge in [-0.1, -0.05) is 11.8 Å². The molecule has 0 atom stereocenters. The molecule has 2 aromatic heterocycles. The van der Waals surface area contributed by atoms with E-state index < -0.39 is 5.97 Å². The summed E-state index contributed by atoms with van der Waals surface area (Å²) in [6.45, 7) is 3.74. The fraction of sp³-hybridized carbons (Fsp3) is 0.500. The number of aryl methyl sites for hydroxylation is 2. The highest BCUT2D eigenvalue weighted by Crippen LogP contribution is 2.24. The summed E-state index contributed by atoms with van der Waals surface area (Å²) >= 11 is 1.25. The van der Waals surface area contributed by atoms with E-state index in [-0.39, 0.29) is 5.75 Å². The molecule has 2 heterocycles. The number of imidazole rings is 1. The standard InChI is InChI=1S/C14H20N4O2S/c1-10-5-6-15-13-12(10)16-14(21-9-11(19)20)18(13)8-4-7-17(2)3/h5-6H,4,7-9H2,1-3H3,(H,19,20). The van der Waals surface area contributed by atoms with Gasteiger partial charge in [-0.05, 0) is 45.6 Å². The third kappa shape index (κ3) is 3.95. The van der Waals surface area contributed by atoms with Crippen molar-refractivity contribution in [2.45, 2.75) is 25.0 Å². The number of thioether (sulfide) groups is 1. The second kappa shape index (κ2) is 6.91. The second-order valence-corrected chi connectivity index (χ2v) is 6.13. The lowest BCUT2D eigenvalue weighted by Crippen LogP contribution is -2.15. The molecule has 0 aliphatic heterocycles. The summed E-state index contributed by atoms with van der Waals surface area (Å²) in [5.41, 5.74) is 2.75. The summed E-state index contributed by atoms with van der Waals surface area (Å²) in [7, 11) is 4.07. The molecule has 2 aromatic rings. The summed E-state index contributed by atoms with van der Waals surface area (Å²) in [6.07, 6.45) is 2.74. The van der Waals surface area contributed by atoms with Gasteiger partial charge in [0.25, 0.3) is 0 Å². The van der Waals surface area contributed by atoms with Crippen LogP contribution >= 0.6 is 11.8 Å². The maximum Gasteiger partial charge on any atom is 0.313 e. The van der Waals surface area contributed by atoms with Crippen molar-refractivity contribution in [3.8, 4) is 0 Å². The molecule has 0 amide bonds. The van der Waals surface area contributed by atoms with Crippen LogP contribution in [0.3, 0.4) is 0 Å². The smallest absolute Gasteiger partial charge is 0.313 e. The minimum atomic E-state index is -0.837. The molecule has 114 valence electrons. The molecule has 0 spiro atoms. The van der Waals surface area contributed by atoms with Gasteiger partial charge in [-0.3, -0.25) is 4.79 Å². The highest BCUT2D eigenvalue weighted by molar-refractivity contribution is 7.99. The van der Waals surface area contributed by atoms with Crippen molar-refractivity contribution in [3.63, 3.8) is 0 Å². The Kier molecular flexibility index (Phi) is 5.19. The van der Waals surface area contributed by atoms with E-state index in [0.29, 0.717) is 0 Å². The average molecular weight is 308 g/mol. The fourth-order valence-electron chi connectivity index (χ4n) is 2.10. The maximum atomic E-state index is 10.8. The molecular weight excluding hydrogens is 288 g/mol. The van der Waals surface area contributed by atoms with Crippen molar-refractivity contribution < 1.29 is 9.90 Å². The number of rotatable bonds is 7. The van der Waals surface area contributed by atoms with Gasteiger partial charge in [-0.25, -0.2) is 9.97 Å². The first-order valence-corrected chi connectivity index (χ1v) is 7.78. The summed E-state index contributed by atoms with van der Waals surface area (Å²) in [5.74, 6) is -0.827. The van der Waals surface area contributed by atoms with Gasteiger partial charge in [0.05, 0.1) is 5.75 Å². The Labute approximate surface area is 128 Å². The summed E-state index contributed by atoms with van der Waals surface area (Å²) in [4.78, 5) is 21.9. The van der Waals surface area contributed by atoms with Crippen LogP contribution in [0.5, 0.6) is 0 Å². The third-order valence-corrected chi connectivity index (χ3v) is 4.07. The van der Waals surface area contributed by atoms with Crippen LogP contribution in [0.4, 0.5) is 0 Å². The minimum absolute atomic E-state index is 0.00997. The van der Waals surface area contributed by atoms with E-state index >= 15 is 0 Å². The van der Waals surface area contributed by atoms with Gasteiger partial charge < -0.3 is 14.6 Å². The Morgan fingerprint density at radius 1 is 1.48 bits per heavy atom. The summed E-state index contributed by atoms with van der Waals surface area (Å²) < 4.78 is 2.03. The van der Waals surface area contributed by atoms with E-state index in [1.165, 1.54) is 11.8 Å². The molecule has 7 heteroatoms. The van der Waals surface area contributed by atoms with Crippen molar-refractivity contribution in [2.24, 2.45) is 0 Å². The van der Waals surface area contributed by atoms with Crippen LogP contribution in [0.2, 0.25) is 0 Å². The van der Waals surface area contributed by atoms with E-state index in [4.69, 9.17) is 5.11 Å². The first kappa shape index (κ1) is 15.8. The fourth-order valence-corrected chi connectivity index (χ4v) is 2.84. The Morgan fingerprint density at radius 3 is 2.90 bits per heavy atom. The van der Waals surface area contributed by atoms with Crippen LogP contribution in [-0.2, 0) is 11.3 Å². The number of pyridine rings is 1. The molecule has 0 aromatic carbocycles. The maximum absolute atomic E-state index is 10.8. The van der Waals surface area contributed by atoms with E-state index in [2.05, 4.69) is 14.9 Å². The predicted octanol–water partition coefficient (Wildman–Crippen LogP) is 1.87. The number of carboxylic acid groups (broad SMARTS) is 1. The van der Waals surface area contributed by atoms with E-state index in [9.17, 15) is 4.79 Å². The molecular formula is C14H20N4O2S. The highest BCUT2D eigenvalue weighted by atomic mass is 32.2. The molecule has 0 aliphatic rings. The van der Waals surface area contributed by atoms with Crippen molar-refractivity contribution in [1.29, 1.82) is 0 Å². The molecule has 0 radical (unpaired) electrons. The summed E-state index contributed by atoms with van der Waals surface area (Å²) in [5, 5.41) is 9.59. The van der Waals surface area contributed by atoms with Gasteiger partial charge in [0.2, 0.25) is 0 Å². The number of fused-ring (bicyclic) bond motifs is 1. The van der Waals surface area contributed by atoms with Gasteiger partial charge in [0.1, 0.15) is 5.52 Å². The van der Waals surface area contributed by atoms with E-state index in [0.717, 1.165) is 41.4 Å². The number of hydrogen-bond donors (Lipinski definition) is 1. The molecule has 6 nitrogen and oxygen atoms in total. The monoisotopic (exact) mass is 308 g/mol.